The fourth-order valence-corrected chi connectivity index (χ4v) is 5.02. The number of pyridine rings is 1. The first kappa shape index (κ1) is 21.1. The minimum Gasteiger partial charge on any atom is -0.449 e. The van der Waals surface area contributed by atoms with E-state index in [2.05, 4.69) is 16.4 Å². The van der Waals surface area contributed by atoms with E-state index in [4.69, 9.17) is 4.74 Å². The maximum atomic E-state index is 12.3. The fraction of sp³-hybridized carbons (Fsp3) is 0.391. The van der Waals surface area contributed by atoms with E-state index in [-0.39, 0.29) is 17.9 Å². The van der Waals surface area contributed by atoms with Gasteiger partial charge in [-0.3, -0.25) is 9.78 Å². The second-order valence-corrected chi connectivity index (χ2v) is 9.06. The van der Waals surface area contributed by atoms with E-state index >= 15 is 0 Å². The molecule has 4 rings (SSSR count). The third-order valence-electron chi connectivity index (χ3n) is 5.65. The Morgan fingerprint density at radius 2 is 2.26 bits per heavy atom. The summed E-state index contributed by atoms with van der Waals surface area (Å²) in [6.07, 6.45) is 10.7. The number of rotatable bonds is 6. The van der Waals surface area contributed by atoms with Gasteiger partial charge in [0.1, 0.15) is 11.1 Å². The van der Waals surface area contributed by atoms with Crippen LogP contribution in [0, 0.1) is 17.2 Å². The zero-order valence-corrected chi connectivity index (χ0v) is 18.2. The lowest BCUT2D eigenvalue weighted by molar-refractivity contribution is -0.111. The number of thiophene rings is 1. The van der Waals surface area contributed by atoms with Gasteiger partial charge in [-0.05, 0) is 61.3 Å². The van der Waals surface area contributed by atoms with E-state index in [0.717, 1.165) is 48.1 Å². The highest BCUT2D eigenvalue weighted by Gasteiger charge is 2.32. The van der Waals surface area contributed by atoms with Crippen LogP contribution in [0.1, 0.15) is 40.8 Å². The molecule has 0 aliphatic heterocycles. The largest absolute Gasteiger partial charge is 0.449 e. The van der Waals surface area contributed by atoms with Crippen molar-refractivity contribution in [1.82, 2.24) is 9.88 Å². The van der Waals surface area contributed by atoms with Crippen molar-refractivity contribution in [3.8, 4) is 6.07 Å². The number of ether oxygens (including phenoxy) is 1. The maximum Gasteiger partial charge on any atom is 0.409 e. The van der Waals surface area contributed by atoms with E-state index in [0.29, 0.717) is 23.2 Å². The number of carbonyl (C=O) groups excluding carboxylic acids is 2. The molecule has 2 aliphatic carbocycles. The second kappa shape index (κ2) is 9.31. The van der Waals surface area contributed by atoms with Crippen LogP contribution >= 0.6 is 11.3 Å². The summed E-state index contributed by atoms with van der Waals surface area (Å²) in [5, 5.41) is 13.1. The lowest BCUT2D eigenvalue weighted by atomic mass is 9.88. The quantitative estimate of drug-likeness (QED) is 0.691. The molecule has 31 heavy (non-hydrogen) atoms. The Labute approximate surface area is 185 Å². The maximum absolute atomic E-state index is 12.3. The average molecular weight is 437 g/mol. The van der Waals surface area contributed by atoms with Crippen molar-refractivity contribution in [2.24, 2.45) is 5.92 Å². The van der Waals surface area contributed by atoms with Crippen LogP contribution in [0.3, 0.4) is 0 Å². The van der Waals surface area contributed by atoms with E-state index in [1.54, 1.807) is 36.5 Å². The molecule has 160 valence electrons. The molecule has 0 saturated heterocycles. The predicted molar refractivity (Wildman–Crippen MR) is 119 cm³/mol. The fourth-order valence-electron chi connectivity index (χ4n) is 3.70. The number of nitrogens with zero attached hydrogens (tertiary/aromatic N) is 3. The summed E-state index contributed by atoms with van der Waals surface area (Å²) in [6.45, 7) is 0.380. The molecule has 1 unspecified atom stereocenters. The first-order valence-electron chi connectivity index (χ1n) is 10.4. The van der Waals surface area contributed by atoms with E-state index in [1.807, 2.05) is 6.07 Å². The number of amides is 2. The number of hydrogen-bond donors (Lipinski definition) is 1. The SMILES string of the molecule is CN(C(=O)OCC1CCc2c(sc(NC(=O)/C=C/c3cccnc3)c2C#N)C1)C1CC1. The summed E-state index contributed by atoms with van der Waals surface area (Å²) in [4.78, 5) is 31.2. The van der Waals surface area contributed by atoms with Gasteiger partial charge in [0, 0.05) is 36.4 Å². The lowest BCUT2D eigenvalue weighted by Gasteiger charge is -2.23. The minimum absolute atomic E-state index is 0.225. The number of aromatic nitrogens is 1. The minimum atomic E-state index is -0.285. The Balaban J connectivity index is 1.37. The summed E-state index contributed by atoms with van der Waals surface area (Å²) < 4.78 is 5.50. The lowest BCUT2D eigenvalue weighted by Crippen LogP contribution is -2.31. The third-order valence-corrected chi connectivity index (χ3v) is 6.82. The first-order chi connectivity index (χ1) is 15.0. The summed E-state index contributed by atoms with van der Waals surface area (Å²) >= 11 is 1.44. The zero-order valence-electron chi connectivity index (χ0n) is 17.3. The number of nitriles is 1. The van der Waals surface area contributed by atoms with Crippen LogP contribution in [0.5, 0.6) is 0 Å². The average Bonchev–Trinajstić information content (AvgIpc) is 3.58. The third kappa shape index (κ3) is 5.12. The Kier molecular flexibility index (Phi) is 6.33. The molecule has 0 radical (unpaired) electrons. The van der Waals surface area contributed by atoms with Gasteiger partial charge in [-0.1, -0.05) is 6.07 Å². The molecule has 1 fully saturated rings. The zero-order chi connectivity index (χ0) is 21.8. The molecule has 1 atom stereocenters. The molecule has 8 heteroatoms. The van der Waals surface area contributed by atoms with Crippen LogP contribution in [-0.2, 0) is 22.4 Å². The van der Waals surface area contributed by atoms with Crippen molar-refractivity contribution in [3.63, 3.8) is 0 Å². The summed E-state index contributed by atoms with van der Waals surface area (Å²) in [7, 11) is 1.79. The van der Waals surface area contributed by atoms with Crippen LogP contribution in [0.15, 0.2) is 30.6 Å². The highest BCUT2D eigenvalue weighted by atomic mass is 32.1. The molecule has 1 saturated carbocycles. The number of anilines is 1. The Morgan fingerprint density at radius 3 is 2.97 bits per heavy atom. The topological polar surface area (TPSA) is 95.3 Å². The monoisotopic (exact) mass is 436 g/mol. The number of nitrogens with one attached hydrogen (secondary N) is 1. The van der Waals surface area contributed by atoms with Gasteiger partial charge in [0.25, 0.3) is 0 Å². The molecule has 2 amide bonds. The van der Waals surface area contributed by atoms with Crippen molar-refractivity contribution in [1.29, 1.82) is 5.26 Å². The van der Waals surface area contributed by atoms with Crippen molar-refractivity contribution in [2.45, 2.75) is 38.1 Å². The molecule has 2 aliphatic rings. The molecular weight excluding hydrogens is 412 g/mol. The normalized spacial score (nSPS) is 17.6. The highest BCUT2D eigenvalue weighted by Crippen LogP contribution is 2.39. The molecule has 1 N–H and O–H groups in total. The number of carbonyl (C=O) groups is 2. The molecule has 0 spiro atoms. The molecule has 2 aromatic rings. The van der Waals surface area contributed by atoms with Gasteiger partial charge < -0.3 is 15.0 Å². The highest BCUT2D eigenvalue weighted by molar-refractivity contribution is 7.16. The van der Waals surface area contributed by atoms with E-state index in [1.165, 1.54) is 17.4 Å². The van der Waals surface area contributed by atoms with Crippen molar-refractivity contribution in [2.75, 3.05) is 19.0 Å². The summed E-state index contributed by atoms with van der Waals surface area (Å²) in [5.74, 6) is -0.0594. The van der Waals surface area contributed by atoms with Gasteiger partial charge >= 0.3 is 6.09 Å². The number of hydrogen-bond acceptors (Lipinski definition) is 6. The van der Waals surface area contributed by atoms with E-state index < -0.39 is 0 Å². The standard InChI is InChI=1S/C23H24N4O3S/c1-27(17-6-7-17)23(29)30-14-16-4-8-18-19(12-24)22(31-20(18)11-16)26-21(28)9-5-15-3-2-10-25-13-15/h2-3,5,9-10,13,16-17H,4,6-8,11,14H2,1H3,(H,26,28)/b9-5+. The van der Waals surface area contributed by atoms with Crippen LogP contribution in [0.25, 0.3) is 6.08 Å². The van der Waals surface area contributed by atoms with Crippen molar-refractivity contribution >= 4 is 34.4 Å². The molecule has 0 bridgehead atoms. The van der Waals surface area contributed by atoms with Gasteiger partial charge in [0.15, 0.2) is 0 Å². The molecule has 2 heterocycles. The predicted octanol–water partition coefficient (Wildman–Crippen LogP) is 4.00. The van der Waals surface area contributed by atoms with Gasteiger partial charge in [-0.15, -0.1) is 11.3 Å². The molecule has 2 aromatic heterocycles. The van der Waals surface area contributed by atoms with Gasteiger partial charge in [-0.2, -0.15) is 5.26 Å². The summed E-state index contributed by atoms with van der Waals surface area (Å²) in [5.41, 5.74) is 2.39. The van der Waals surface area contributed by atoms with Crippen molar-refractivity contribution < 1.29 is 14.3 Å². The molecule has 7 nitrogen and oxygen atoms in total. The Morgan fingerprint density at radius 1 is 1.42 bits per heavy atom. The molecule has 0 aromatic carbocycles. The Hall–Kier alpha value is -3.18. The van der Waals surface area contributed by atoms with E-state index in [9.17, 15) is 14.9 Å². The smallest absolute Gasteiger partial charge is 0.409 e. The Bertz CT molecular complexity index is 1040. The number of fused-ring (bicyclic) bond motifs is 1. The van der Waals surface area contributed by atoms with Crippen molar-refractivity contribution in [3.05, 3.63) is 52.2 Å². The first-order valence-corrected chi connectivity index (χ1v) is 11.2. The van der Waals surface area contributed by atoms with Gasteiger partial charge in [-0.25, -0.2) is 4.79 Å². The molecular formula is C23H24N4O3S. The second-order valence-electron chi connectivity index (χ2n) is 7.96. The van der Waals surface area contributed by atoms with Gasteiger partial charge in [0.05, 0.1) is 12.2 Å². The van der Waals surface area contributed by atoms with Crippen LogP contribution < -0.4 is 5.32 Å². The van der Waals surface area contributed by atoms with Crippen LogP contribution in [0.4, 0.5) is 9.80 Å². The van der Waals surface area contributed by atoms with Gasteiger partial charge in [0.2, 0.25) is 5.91 Å². The van der Waals surface area contributed by atoms with Crippen LogP contribution in [-0.4, -0.2) is 41.6 Å². The summed E-state index contributed by atoms with van der Waals surface area (Å²) in [6, 6.07) is 6.24. The van der Waals surface area contributed by atoms with Crippen LogP contribution in [0.2, 0.25) is 0 Å².